The Morgan fingerprint density at radius 3 is 2.55 bits per heavy atom. The van der Waals surface area contributed by atoms with Gasteiger partial charge in [-0.15, -0.1) is 0 Å². The Balaban J connectivity index is 1.32. The minimum atomic E-state index is 0.0838. The second-order valence-corrected chi connectivity index (χ2v) is 9.75. The highest BCUT2D eigenvalue weighted by Crippen LogP contribution is 2.35. The summed E-state index contributed by atoms with van der Waals surface area (Å²) in [6, 6.07) is 7.02. The van der Waals surface area contributed by atoms with Gasteiger partial charge in [0.1, 0.15) is 11.5 Å². The second-order valence-electron chi connectivity index (χ2n) is 9.75. The first-order valence-corrected chi connectivity index (χ1v) is 11.5. The fraction of sp³-hybridized carbons (Fsp3) is 0.542. The van der Waals surface area contributed by atoms with Gasteiger partial charge in [0.25, 0.3) is 0 Å². The summed E-state index contributed by atoms with van der Waals surface area (Å²) >= 11 is 0. The second kappa shape index (κ2) is 7.79. The van der Waals surface area contributed by atoms with Gasteiger partial charge >= 0.3 is 0 Å². The number of nitrogens with one attached hydrogen (secondary N) is 1. The monoisotopic (exact) mass is 419 g/mol. The first-order valence-electron chi connectivity index (χ1n) is 11.5. The predicted molar refractivity (Wildman–Crippen MR) is 126 cm³/mol. The molecule has 0 aliphatic carbocycles. The van der Waals surface area contributed by atoms with E-state index in [2.05, 4.69) is 69.5 Å². The van der Waals surface area contributed by atoms with Gasteiger partial charge in [-0.2, -0.15) is 4.98 Å². The molecule has 1 N–H and O–H groups in total. The van der Waals surface area contributed by atoms with Crippen molar-refractivity contribution in [2.75, 3.05) is 36.4 Å². The smallest absolute Gasteiger partial charge is 0.230 e. The number of rotatable bonds is 4. The molecule has 2 aliphatic rings. The maximum absolute atomic E-state index is 4.86. The number of aromatic nitrogens is 4. The van der Waals surface area contributed by atoms with Crippen molar-refractivity contribution in [3.05, 3.63) is 36.3 Å². The zero-order chi connectivity index (χ0) is 21.6. The molecule has 0 saturated carbocycles. The van der Waals surface area contributed by atoms with Crippen LogP contribution in [0.1, 0.15) is 46.2 Å². The minimum Gasteiger partial charge on any atom is -0.368 e. The third kappa shape index (κ3) is 3.87. The van der Waals surface area contributed by atoms with Crippen LogP contribution in [0.5, 0.6) is 0 Å². The fourth-order valence-electron chi connectivity index (χ4n) is 5.03. The van der Waals surface area contributed by atoms with Crippen molar-refractivity contribution in [3.63, 3.8) is 0 Å². The van der Waals surface area contributed by atoms with Gasteiger partial charge in [0.15, 0.2) is 0 Å². The number of piperazine rings is 1. The zero-order valence-electron chi connectivity index (χ0n) is 19.1. The number of pyridine rings is 1. The number of nitrogens with zero attached hydrogens (tertiary/aromatic N) is 6. The van der Waals surface area contributed by atoms with E-state index in [1.165, 1.54) is 24.2 Å². The minimum absolute atomic E-state index is 0.0838. The highest BCUT2D eigenvalue weighted by atomic mass is 15.3. The van der Waals surface area contributed by atoms with E-state index in [9.17, 15) is 0 Å². The van der Waals surface area contributed by atoms with Crippen LogP contribution < -0.4 is 10.2 Å². The van der Waals surface area contributed by atoms with E-state index in [1.54, 1.807) is 0 Å². The Bertz CT molecular complexity index is 1060. The Labute approximate surface area is 184 Å². The Morgan fingerprint density at radius 2 is 1.84 bits per heavy atom. The van der Waals surface area contributed by atoms with E-state index in [0.29, 0.717) is 12.0 Å². The van der Waals surface area contributed by atoms with E-state index < -0.39 is 0 Å². The average molecular weight is 420 g/mol. The van der Waals surface area contributed by atoms with Crippen molar-refractivity contribution in [2.45, 2.75) is 58.5 Å². The molecule has 5 heterocycles. The molecule has 31 heavy (non-hydrogen) atoms. The molecule has 1 fully saturated rings. The van der Waals surface area contributed by atoms with Crippen LogP contribution in [0.2, 0.25) is 0 Å². The Morgan fingerprint density at radius 1 is 1.03 bits per heavy atom. The van der Waals surface area contributed by atoms with E-state index in [-0.39, 0.29) is 5.54 Å². The van der Waals surface area contributed by atoms with Gasteiger partial charge in [0.05, 0.1) is 11.9 Å². The molecule has 7 heteroatoms. The maximum Gasteiger partial charge on any atom is 0.230 e. The Hall–Kier alpha value is -2.67. The lowest BCUT2D eigenvalue weighted by atomic mass is 9.92. The van der Waals surface area contributed by atoms with Crippen LogP contribution in [-0.2, 0) is 12.0 Å². The number of fused-ring (bicyclic) bond motifs is 3. The van der Waals surface area contributed by atoms with E-state index in [0.717, 1.165) is 49.5 Å². The number of hydrogen-bond donors (Lipinski definition) is 1. The van der Waals surface area contributed by atoms with Crippen LogP contribution in [0.4, 0.5) is 17.5 Å². The highest BCUT2D eigenvalue weighted by molar-refractivity contribution is 5.78. The first-order chi connectivity index (χ1) is 14.9. The fourth-order valence-corrected chi connectivity index (χ4v) is 5.03. The van der Waals surface area contributed by atoms with Crippen molar-refractivity contribution < 1.29 is 0 Å². The summed E-state index contributed by atoms with van der Waals surface area (Å²) in [7, 11) is 0. The van der Waals surface area contributed by atoms with Crippen LogP contribution in [0.15, 0.2) is 30.6 Å². The Kier molecular flexibility index (Phi) is 5.08. The average Bonchev–Trinajstić information content (AvgIpc) is 3.13. The van der Waals surface area contributed by atoms with Gasteiger partial charge in [-0.05, 0) is 65.2 Å². The van der Waals surface area contributed by atoms with E-state index in [4.69, 9.17) is 4.98 Å². The lowest BCUT2D eigenvalue weighted by molar-refractivity contribution is 0.209. The van der Waals surface area contributed by atoms with Crippen LogP contribution in [-0.4, -0.2) is 56.6 Å². The molecule has 1 saturated heterocycles. The molecule has 0 unspecified atom stereocenters. The topological polar surface area (TPSA) is 62.1 Å². The van der Waals surface area contributed by atoms with Gasteiger partial charge in [-0.1, -0.05) is 0 Å². The zero-order valence-corrected chi connectivity index (χ0v) is 19.1. The summed E-state index contributed by atoms with van der Waals surface area (Å²) in [5, 5.41) is 4.41. The molecule has 2 aliphatic heterocycles. The molecule has 0 radical (unpaired) electrons. The van der Waals surface area contributed by atoms with Crippen LogP contribution in [0.3, 0.4) is 0 Å². The standard InChI is InChI=1S/C24H33N7/c1-17(2)29-10-12-30(13-11-29)20-7-8-21(25-16-20)27-23-26-15-18-14-19-6-5-9-24(3,4)31(19)22(18)28-23/h7-8,14-17H,5-6,9-13H2,1-4H3,(H,25,26,27,28). The summed E-state index contributed by atoms with van der Waals surface area (Å²) in [4.78, 5) is 19.0. The predicted octanol–water partition coefficient (Wildman–Crippen LogP) is 4.17. The summed E-state index contributed by atoms with van der Waals surface area (Å²) in [5.74, 6) is 1.37. The SMILES string of the molecule is CC(C)N1CCN(c2ccc(Nc3ncc4cc5n(c4n3)C(C)(C)CCC5)nc2)CC1. The summed E-state index contributed by atoms with van der Waals surface area (Å²) < 4.78 is 2.39. The lowest BCUT2D eigenvalue weighted by Crippen LogP contribution is -2.48. The van der Waals surface area contributed by atoms with Gasteiger partial charge in [-0.3, -0.25) is 4.90 Å². The van der Waals surface area contributed by atoms with Crippen LogP contribution in [0.25, 0.3) is 11.0 Å². The van der Waals surface area contributed by atoms with Crippen molar-refractivity contribution in [1.82, 2.24) is 24.4 Å². The third-order valence-corrected chi connectivity index (χ3v) is 6.84. The number of aryl methyl sites for hydroxylation is 1. The number of anilines is 3. The summed E-state index contributed by atoms with van der Waals surface area (Å²) in [6.45, 7) is 13.4. The van der Waals surface area contributed by atoms with Gasteiger partial charge in [0.2, 0.25) is 5.95 Å². The molecular formula is C24H33N7. The normalized spacial score (nSPS) is 19.1. The quantitative estimate of drug-likeness (QED) is 0.685. The lowest BCUT2D eigenvalue weighted by Gasteiger charge is -2.38. The maximum atomic E-state index is 4.86. The van der Waals surface area contributed by atoms with Gasteiger partial charge < -0.3 is 14.8 Å². The van der Waals surface area contributed by atoms with Crippen molar-refractivity contribution in [2.24, 2.45) is 0 Å². The molecule has 3 aromatic rings. The molecule has 5 rings (SSSR count). The van der Waals surface area contributed by atoms with E-state index in [1.807, 2.05) is 18.5 Å². The van der Waals surface area contributed by atoms with Crippen molar-refractivity contribution in [1.29, 1.82) is 0 Å². The van der Waals surface area contributed by atoms with Crippen molar-refractivity contribution in [3.8, 4) is 0 Å². The molecule has 0 amide bonds. The molecule has 0 aromatic carbocycles. The molecule has 7 nitrogen and oxygen atoms in total. The van der Waals surface area contributed by atoms with E-state index >= 15 is 0 Å². The molecule has 0 spiro atoms. The van der Waals surface area contributed by atoms with Gasteiger partial charge in [-0.25, -0.2) is 9.97 Å². The molecule has 0 atom stereocenters. The molecule has 3 aromatic heterocycles. The molecular weight excluding hydrogens is 386 g/mol. The largest absolute Gasteiger partial charge is 0.368 e. The van der Waals surface area contributed by atoms with Crippen LogP contribution >= 0.6 is 0 Å². The van der Waals surface area contributed by atoms with Gasteiger partial charge in [0, 0.05) is 55.0 Å². The third-order valence-electron chi connectivity index (χ3n) is 6.84. The number of hydrogen-bond acceptors (Lipinski definition) is 6. The van der Waals surface area contributed by atoms with Crippen LogP contribution in [0, 0.1) is 0 Å². The highest BCUT2D eigenvalue weighted by Gasteiger charge is 2.29. The summed E-state index contributed by atoms with van der Waals surface area (Å²) in [5.41, 5.74) is 3.63. The van der Waals surface area contributed by atoms with Crippen molar-refractivity contribution >= 4 is 28.5 Å². The molecule has 0 bridgehead atoms. The first kappa shape index (κ1) is 20.2. The summed E-state index contributed by atoms with van der Waals surface area (Å²) in [6.07, 6.45) is 7.38. The molecule has 164 valence electrons.